The van der Waals surface area contributed by atoms with E-state index in [2.05, 4.69) is 10.3 Å². The van der Waals surface area contributed by atoms with Crippen LogP contribution in [0.15, 0.2) is 39.1 Å². The van der Waals surface area contributed by atoms with Crippen molar-refractivity contribution in [1.82, 2.24) is 9.55 Å². The SMILES string of the molecule is COc1cc(OC)c2c(c1Cl)OC1(C(=O)C3=C(CC1C)Nc1c(c(=O)[nH]c(=O)n1C)C3c1cc(OC)c3c(c1)OCCO3)C2=O. The van der Waals surface area contributed by atoms with Crippen LogP contribution in [0.3, 0.4) is 0 Å². The van der Waals surface area contributed by atoms with Crippen LogP contribution in [0.1, 0.15) is 40.7 Å². The lowest BCUT2D eigenvalue weighted by Gasteiger charge is -2.42. The van der Waals surface area contributed by atoms with Gasteiger partial charge in [-0.05, 0) is 24.1 Å². The van der Waals surface area contributed by atoms with Gasteiger partial charge in [0.15, 0.2) is 17.2 Å². The van der Waals surface area contributed by atoms with Crippen LogP contribution in [0, 0.1) is 5.92 Å². The molecule has 0 amide bonds. The number of ether oxygens (including phenoxy) is 6. The number of allylic oxidation sites excluding steroid dienone is 1. The van der Waals surface area contributed by atoms with Gasteiger partial charge in [0.2, 0.25) is 22.9 Å². The largest absolute Gasteiger partial charge is 0.496 e. The first-order chi connectivity index (χ1) is 21.6. The molecular weight excluding hydrogens is 610 g/mol. The Kier molecular flexibility index (Phi) is 6.45. The van der Waals surface area contributed by atoms with E-state index in [-0.39, 0.29) is 57.8 Å². The molecule has 7 rings (SSSR count). The van der Waals surface area contributed by atoms with Crippen molar-refractivity contribution < 1.29 is 38.0 Å². The molecule has 0 bridgehead atoms. The van der Waals surface area contributed by atoms with E-state index in [1.54, 1.807) is 19.1 Å². The number of hydrogen-bond donors (Lipinski definition) is 2. The highest BCUT2D eigenvalue weighted by molar-refractivity contribution is 6.36. The number of carbonyl (C=O) groups excluding carboxylic acids is 2. The van der Waals surface area contributed by atoms with Crippen LogP contribution in [0.2, 0.25) is 5.02 Å². The van der Waals surface area contributed by atoms with Gasteiger partial charge in [-0.3, -0.25) is 23.9 Å². The quantitative estimate of drug-likeness (QED) is 0.406. The maximum atomic E-state index is 15.0. The number of nitrogens with zero attached hydrogens (tertiary/aromatic N) is 1. The molecule has 2 N–H and O–H groups in total. The second kappa shape index (κ2) is 10.1. The summed E-state index contributed by atoms with van der Waals surface area (Å²) < 4.78 is 35.8. The van der Waals surface area contributed by atoms with E-state index < -0.39 is 40.3 Å². The molecule has 1 aromatic heterocycles. The number of hydrogen-bond acceptors (Lipinski definition) is 11. The highest BCUT2D eigenvalue weighted by Gasteiger charge is 2.63. The summed E-state index contributed by atoms with van der Waals surface area (Å²) in [7, 11) is 5.77. The fraction of sp³-hybridized carbons (Fsp3) is 0.355. The third-order valence-electron chi connectivity index (χ3n) is 8.92. The Bertz CT molecular complexity index is 1980. The Morgan fingerprint density at radius 1 is 0.933 bits per heavy atom. The number of nitrogens with one attached hydrogen (secondary N) is 2. The summed E-state index contributed by atoms with van der Waals surface area (Å²) in [5, 5.41) is 3.19. The number of carbonyl (C=O) groups is 2. The number of H-pyrrole nitrogens is 1. The molecule has 13 nitrogen and oxygen atoms in total. The number of ketones is 2. The number of aromatic amines is 1. The molecule has 0 fully saturated rings. The predicted molar refractivity (Wildman–Crippen MR) is 160 cm³/mol. The first-order valence-corrected chi connectivity index (χ1v) is 14.5. The lowest BCUT2D eigenvalue weighted by atomic mass is 9.66. The second-order valence-electron chi connectivity index (χ2n) is 11.2. The van der Waals surface area contributed by atoms with Crippen molar-refractivity contribution in [3.8, 4) is 34.5 Å². The standard InChI is InChI=1S/C31H28ClN3O10/c1-12-8-14-20(26(36)31(12)27(37)21-15(40-3)11-16(41-4)23(32)25(21)45-31)19(22-28(33-14)35(2)30(39)34-29(22)38)13-9-17(42-5)24-18(10-13)43-6-7-44-24/h9-12,19,33H,6-8H2,1-5H3,(H,34,38,39). The first-order valence-electron chi connectivity index (χ1n) is 14.1. The Hall–Kier alpha value is -4.91. The molecule has 1 spiro atoms. The van der Waals surface area contributed by atoms with Gasteiger partial charge in [-0.1, -0.05) is 18.5 Å². The number of fused-ring (bicyclic) bond motifs is 3. The minimum Gasteiger partial charge on any atom is -0.496 e. The minimum absolute atomic E-state index is 0.0185. The van der Waals surface area contributed by atoms with Gasteiger partial charge in [0, 0.05) is 36.2 Å². The van der Waals surface area contributed by atoms with Crippen LogP contribution >= 0.6 is 11.6 Å². The topological polar surface area (TPSA) is 156 Å². The maximum absolute atomic E-state index is 15.0. The van der Waals surface area contributed by atoms with Crippen LogP contribution in [-0.2, 0) is 11.8 Å². The number of aromatic nitrogens is 2. The minimum atomic E-state index is -2.03. The summed E-state index contributed by atoms with van der Waals surface area (Å²) in [5.41, 5.74) is -2.27. The maximum Gasteiger partial charge on any atom is 0.329 e. The summed E-state index contributed by atoms with van der Waals surface area (Å²) in [6.45, 7) is 2.31. The summed E-state index contributed by atoms with van der Waals surface area (Å²) >= 11 is 6.62. The van der Waals surface area contributed by atoms with Crippen LogP contribution in [0.4, 0.5) is 5.82 Å². The third-order valence-corrected chi connectivity index (χ3v) is 9.28. The first kappa shape index (κ1) is 28.8. The predicted octanol–water partition coefficient (Wildman–Crippen LogP) is 2.96. The van der Waals surface area contributed by atoms with E-state index in [1.807, 2.05) is 0 Å². The molecule has 3 atom stereocenters. The van der Waals surface area contributed by atoms with Crippen molar-refractivity contribution in [2.24, 2.45) is 13.0 Å². The Balaban J connectivity index is 1.48. The summed E-state index contributed by atoms with van der Waals surface area (Å²) in [4.78, 5) is 58.0. The molecule has 234 valence electrons. The van der Waals surface area contributed by atoms with Crippen LogP contribution in [0.5, 0.6) is 34.5 Å². The fourth-order valence-corrected chi connectivity index (χ4v) is 7.02. The van der Waals surface area contributed by atoms with Crippen LogP contribution in [0.25, 0.3) is 0 Å². The number of methoxy groups -OCH3 is 3. The van der Waals surface area contributed by atoms with Gasteiger partial charge >= 0.3 is 5.69 Å². The number of benzene rings is 2. The van der Waals surface area contributed by atoms with Gasteiger partial charge in [-0.25, -0.2) is 4.79 Å². The normalized spacial score (nSPS) is 22.7. The molecule has 3 unspecified atom stereocenters. The number of rotatable bonds is 4. The van der Waals surface area contributed by atoms with Crippen molar-refractivity contribution in [3.63, 3.8) is 0 Å². The molecule has 0 radical (unpaired) electrons. The number of Topliss-reactive ketones (excluding diaryl/α,β-unsaturated/α-hetero) is 2. The fourth-order valence-electron chi connectivity index (χ4n) is 6.76. The average molecular weight is 638 g/mol. The summed E-state index contributed by atoms with van der Waals surface area (Å²) in [6.07, 6.45) is 0.149. The molecule has 2 aromatic carbocycles. The Labute approximate surface area is 260 Å². The van der Waals surface area contributed by atoms with Crippen molar-refractivity contribution in [2.75, 3.05) is 39.9 Å². The van der Waals surface area contributed by atoms with Crippen molar-refractivity contribution in [3.05, 3.63) is 72.0 Å². The molecule has 1 aliphatic carbocycles. The lowest BCUT2D eigenvalue weighted by molar-refractivity contribution is -0.130. The molecule has 4 aliphatic rings. The van der Waals surface area contributed by atoms with E-state index >= 15 is 4.79 Å². The monoisotopic (exact) mass is 637 g/mol. The van der Waals surface area contributed by atoms with Gasteiger partial charge in [-0.15, -0.1) is 0 Å². The van der Waals surface area contributed by atoms with E-state index in [0.29, 0.717) is 35.1 Å². The van der Waals surface area contributed by atoms with Gasteiger partial charge in [0.05, 0.1) is 26.9 Å². The van der Waals surface area contributed by atoms with Crippen molar-refractivity contribution in [2.45, 2.75) is 24.9 Å². The van der Waals surface area contributed by atoms with E-state index in [4.69, 9.17) is 40.0 Å². The highest BCUT2D eigenvalue weighted by Crippen LogP contribution is 2.57. The van der Waals surface area contributed by atoms with Gasteiger partial charge < -0.3 is 33.7 Å². The zero-order chi connectivity index (χ0) is 31.9. The van der Waals surface area contributed by atoms with Gasteiger partial charge in [0.1, 0.15) is 41.1 Å². The van der Waals surface area contributed by atoms with Gasteiger partial charge in [-0.2, -0.15) is 0 Å². The lowest BCUT2D eigenvalue weighted by Crippen LogP contribution is -2.58. The molecule has 3 aliphatic heterocycles. The van der Waals surface area contributed by atoms with Crippen molar-refractivity contribution >= 4 is 29.0 Å². The Morgan fingerprint density at radius 2 is 1.64 bits per heavy atom. The smallest absolute Gasteiger partial charge is 0.329 e. The van der Waals surface area contributed by atoms with E-state index in [0.717, 1.165) is 0 Å². The van der Waals surface area contributed by atoms with Crippen LogP contribution < -0.4 is 45.0 Å². The zero-order valence-corrected chi connectivity index (χ0v) is 25.7. The second-order valence-corrected chi connectivity index (χ2v) is 11.6. The van der Waals surface area contributed by atoms with Crippen molar-refractivity contribution in [1.29, 1.82) is 0 Å². The molecular formula is C31H28ClN3O10. The molecule has 0 saturated carbocycles. The molecule has 45 heavy (non-hydrogen) atoms. The molecule has 14 heteroatoms. The zero-order valence-electron chi connectivity index (χ0n) is 24.9. The van der Waals surface area contributed by atoms with Crippen LogP contribution in [-0.4, -0.2) is 61.3 Å². The summed E-state index contributed by atoms with van der Waals surface area (Å²) in [6, 6.07) is 4.78. The number of halogens is 1. The third kappa shape index (κ3) is 3.79. The molecule has 3 aromatic rings. The number of anilines is 1. The Morgan fingerprint density at radius 3 is 2.36 bits per heavy atom. The van der Waals surface area contributed by atoms with E-state index in [9.17, 15) is 14.4 Å². The average Bonchev–Trinajstić information content (AvgIpc) is 3.35. The molecule has 0 saturated heterocycles. The molecule has 4 heterocycles. The summed E-state index contributed by atoms with van der Waals surface area (Å²) in [5.74, 6) is -1.48. The van der Waals surface area contributed by atoms with Gasteiger partial charge in [0.25, 0.3) is 5.56 Å². The van der Waals surface area contributed by atoms with E-state index in [1.165, 1.54) is 39.0 Å². The highest BCUT2D eigenvalue weighted by atomic mass is 35.5.